The minimum Gasteiger partial charge on any atom is -0.444 e. The van der Waals surface area contributed by atoms with E-state index in [1.807, 2.05) is 61.5 Å². The van der Waals surface area contributed by atoms with Crippen LogP contribution in [0, 0.1) is 0 Å². The van der Waals surface area contributed by atoms with E-state index >= 15 is 0 Å². The minimum atomic E-state index is -0.328. The summed E-state index contributed by atoms with van der Waals surface area (Å²) in [6.45, 7) is 3.41. The second kappa shape index (κ2) is 7.29. The maximum absolute atomic E-state index is 12.5. The van der Waals surface area contributed by atoms with Gasteiger partial charge in [0.2, 0.25) is 0 Å². The van der Waals surface area contributed by atoms with Crippen molar-refractivity contribution in [3.8, 4) is 0 Å². The number of benzene rings is 2. The maximum atomic E-state index is 12.5. The molecule has 0 saturated carbocycles. The monoisotopic (exact) mass is 311 g/mol. The summed E-state index contributed by atoms with van der Waals surface area (Å²) >= 11 is 0. The molecular weight excluding hydrogens is 290 g/mol. The molecule has 0 aliphatic carbocycles. The van der Waals surface area contributed by atoms with Gasteiger partial charge in [-0.3, -0.25) is 4.90 Å². The standard InChI is InChI=1S/C19H21NO3/c1-2-22-17-12-16-10-6-7-11-18(16)20(13-17)19(21)23-14-15-8-4-3-5-9-15/h3-11,17H,2,12-14H2,1H3. The fraction of sp³-hybridized carbons (Fsp3) is 0.316. The molecule has 0 fully saturated rings. The van der Waals surface area contributed by atoms with E-state index in [2.05, 4.69) is 0 Å². The van der Waals surface area contributed by atoms with E-state index in [-0.39, 0.29) is 18.8 Å². The predicted octanol–water partition coefficient (Wildman–Crippen LogP) is 3.79. The summed E-state index contributed by atoms with van der Waals surface area (Å²) in [5.41, 5.74) is 3.02. The Balaban J connectivity index is 1.73. The van der Waals surface area contributed by atoms with E-state index in [1.165, 1.54) is 0 Å². The van der Waals surface area contributed by atoms with E-state index in [0.29, 0.717) is 13.2 Å². The van der Waals surface area contributed by atoms with Crippen molar-refractivity contribution in [1.29, 1.82) is 0 Å². The highest BCUT2D eigenvalue weighted by atomic mass is 16.6. The molecule has 0 radical (unpaired) electrons. The SMILES string of the molecule is CCOC1Cc2ccccc2N(C(=O)OCc2ccccc2)C1. The first-order valence-corrected chi connectivity index (χ1v) is 7.95. The smallest absolute Gasteiger partial charge is 0.414 e. The van der Waals surface area contributed by atoms with Gasteiger partial charge in [-0.2, -0.15) is 0 Å². The molecule has 0 saturated heterocycles. The van der Waals surface area contributed by atoms with E-state index in [9.17, 15) is 4.79 Å². The molecule has 0 N–H and O–H groups in total. The molecule has 120 valence electrons. The van der Waals surface area contributed by atoms with Gasteiger partial charge in [0.25, 0.3) is 0 Å². The average Bonchev–Trinajstić information content (AvgIpc) is 2.60. The van der Waals surface area contributed by atoms with Crippen LogP contribution in [-0.4, -0.2) is 25.3 Å². The lowest BCUT2D eigenvalue weighted by Crippen LogP contribution is -2.43. The van der Waals surface area contributed by atoms with Crippen LogP contribution >= 0.6 is 0 Å². The molecule has 1 aliphatic heterocycles. The Bertz CT molecular complexity index is 657. The molecule has 3 rings (SSSR count). The van der Waals surface area contributed by atoms with Crippen molar-refractivity contribution in [3.05, 3.63) is 65.7 Å². The number of nitrogens with zero attached hydrogens (tertiary/aromatic N) is 1. The first kappa shape index (κ1) is 15.6. The molecule has 0 spiro atoms. The number of ether oxygens (including phenoxy) is 2. The highest BCUT2D eigenvalue weighted by Gasteiger charge is 2.29. The van der Waals surface area contributed by atoms with Crippen LogP contribution < -0.4 is 4.90 Å². The van der Waals surface area contributed by atoms with Gasteiger partial charge < -0.3 is 9.47 Å². The van der Waals surface area contributed by atoms with Crippen molar-refractivity contribution < 1.29 is 14.3 Å². The Morgan fingerprint density at radius 3 is 2.65 bits per heavy atom. The minimum absolute atomic E-state index is 0.0131. The van der Waals surface area contributed by atoms with Crippen LogP contribution in [0.2, 0.25) is 0 Å². The van der Waals surface area contributed by atoms with Crippen molar-refractivity contribution in [3.63, 3.8) is 0 Å². The molecule has 4 heteroatoms. The third-order valence-corrected chi connectivity index (χ3v) is 3.94. The first-order valence-electron chi connectivity index (χ1n) is 7.95. The number of carbonyl (C=O) groups excluding carboxylic acids is 1. The average molecular weight is 311 g/mol. The molecule has 1 heterocycles. The number of hydrogen-bond acceptors (Lipinski definition) is 3. The highest BCUT2D eigenvalue weighted by molar-refractivity contribution is 5.89. The van der Waals surface area contributed by atoms with Crippen LogP contribution in [0.5, 0.6) is 0 Å². The zero-order valence-electron chi connectivity index (χ0n) is 13.3. The first-order chi connectivity index (χ1) is 11.3. The number of hydrogen-bond donors (Lipinski definition) is 0. The van der Waals surface area contributed by atoms with Crippen LogP contribution in [-0.2, 0) is 22.5 Å². The van der Waals surface area contributed by atoms with E-state index in [0.717, 1.165) is 23.2 Å². The van der Waals surface area contributed by atoms with Gasteiger partial charge in [-0.1, -0.05) is 48.5 Å². The fourth-order valence-electron chi connectivity index (χ4n) is 2.88. The predicted molar refractivity (Wildman–Crippen MR) is 89.5 cm³/mol. The number of fused-ring (bicyclic) bond motifs is 1. The van der Waals surface area contributed by atoms with Crippen LogP contribution in [0.1, 0.15) is 18.1 Å². The van der Waals surface area contributed by atoms with E-state index in [1.54, 1.807) is 4.90 Å². The Kier molecular flexibility index (Phi) is 4.93. The molecular formula is C19H21NO3. The van der Waals surface area contributed by atoms with E-state index < -0.39 is 0 Å². The third-order valence-electron chi connectivity index (χ3n) is 3.94. The molecule has 23 heavy (non-hydrogen) atoms. The summed E-state index contributed by atoms with van der Waals surface area (Å²) in [4.78, 5) is 14.2. The number of anilines is 1. The van der Waals surface area contributed by atoms with Crippen molar-refractivity contribution in [2.45, 2.75) is 26.1 Å². The number of carbonyl (C=O) groups is 1. The van der Waals surface area contributed by atoms with Crippen LogP contribution in [0.3, 0.4) is 0 Å². The molecule has 2 aromatic rings. The quantitative estimate of drug-likeness (QED) is 0.862. The summed E-state index contributed by atoms with van der Waals surface area (Å²) in [6, 6.07) is 17.6. The normalized spacial score (nSPS) is 16.7. The Morgan fingerprint density at radius 2 is 1.87 bits per heavy atom. The van der Waals surface area contributed by atoms with Gasteiger partial charge in [0, 0.05) is 13.0 Å². The van der Waals surface area contributed by atoms with Crippen molar-refractivity contribution in [2.75, 3.05) is 18.1 Å². The maximum Gasteiger partial charge on any atom is 0.414 e. The summed E-state index contributed by atoms with van der Waals surface area (Å²) in [5, 5.41) is 0. The summed E-state index contributed by atoms with van der Waals surface area (Å²) in [5.74, 6) is 0. The van der Waals surface area contributed by atoms with Gasteiger partial charge in [-0.15, -0.1) is 0 Å². The highest BCUT2D eigenvalue weighted by Crippen LogP contribution is 2.28. The van der Waals surface area contributed by atoms with Crippen LogP contribution in [0.4, 0.5) is 10.5 Å². The van der Waals surface area contributed by atoms with Gasteiger partial charge in [-0.05, 0) is 24.1 Å². The Morgan fingerprint density at radius 1 is 1.13 bits per heavy atom. The second-order valence-corrected chi connectivity index (χ2v) is 5.56. The van der Waals surface area contributed by atoms with E-state index in [4.69, 9.17) is 9.47 Å². The van der Waals surface area contributed by atoms with Crippen molar-refractivity contribution in [2.24, 2.45) is 0 Å². The topological polar surface area (TPSA) is 38.8 Å². The second-order valence-electron chi connectivity index (χ2n) is 5.56. The van der Waals surface area contributed by atoms with Crippen LogP contribution in [0.25, 0.3) is 0 Å². The molecule has 0 bridgehead atoms. The number of para-hydroxylation sites is 1. The molecule has 1 atom stereocenters. The van der Waals surface area contributed by atoms with Crippen LogP contribution in [0.15, 0.2) is 54.6 Å². The summed E-state index contributed by atoms with van der Waals surface area (Å²) in [7, 11) is 0. The molecule has 1 aliphatic rings. The molecule has 1 unspecified atom stereocenters. The summed E-state index contributed by atoms with van der Waals surface area (Å²) < 4.78 is 11.2. The van der Waals surface area contributed by atoms with Gasteiger partial charge in [0.05, 0.1) is 18.3 Å². The molecule has 4 nitrogen and oxygen atoms in total. The third kappa shape index (κ3) is 3.71. The number of amides is 1. The fourth-order valence-corrected chi connectivity index (χ4v) is 2.88. The zero-order valence-corrected chi connectivity index (χ0v) is 13.3. The summed E-state index contributed by atoms with van der Waals surface area (Å²) in [6.07, 6.45) is 0.511. The Hall–Kier alpha value is -2.33. The van der Waals surface area contributed by atoms with Crippen molar-refractivity contribution >= 4 is 11.8 Å². The lowest BCUT2D eigenvalue weighted by molar-refractivity contribution is 0.0625. The van der Waals surface area contributed by atoms with Gasteiger partial charge in [0.15, 0.2) is 0 Å². The lowest BCUT2D eigenvalue weighted by atomic mass is 10.00. The number of rotatable bonds is 4. The molecule has 0 aromatic heterocycles. The van der Waals surface area contributed by atoms with Gasteiger partial charge in [0.1, 0.15) is 6.61 Å². The van der Waals surface area contributed by atoms with Gasteiger partial charge in [-0.25, -0.2) is 4.79 Å². The molecule has 1 amide bonds. The van der Waals surface area contributed by atoms with Crippen molar-refractivity contribution in [1.82, 2.24) is 0 Å². The molecule has 2 aromatic carbocycles. The lowest BCUT2D eigenvalue weighted by Gasteiger charge is -2.33. The zero-order chi connectivity index (χ0) is 16.1. The van der Waals surface area contributed by atoms with Gasteiger partial charge >= 0.3 is 6.09 Å². The Labute approximate surface area is 136 Å². The largest absolute Gasteiger partial charge is 0.444 e.